The van der Waals surface area contributed by atoms with Crippen LogP contribution in [-0.2, 0) is 32.7 Å². The van der Waals surface area contributed by atoms with Gasteiger partial charge in [-0.1, -0.05) is 42.3 Å². The smallest absolute Gasteiger partial charge is 0.245 e. The van der Waals surface area contributed by atoms with Crippen LogP contribution in [0.4, 0.5) is 0 Å². The molecule has 0 fully saturated rings. The summed E-state index contributed by atoms with van der Waals surface area (Å²) in [5, 5.41) is 2.30. The van der Waals surface area contributed by atoms with Crippen molar-refractivity contribution in [3.63, 3.8) is 0 Å². The molecule has 0 saturated heterocycles. The van der Waals surface area contributed by atoms with Crippen molar-refractivity contribution in [2.45, 2.75) is 29.6 Å². The van der Waals surface area contributed by atoms with Gasteiger partial charge in [-0.15, -0.1) is 0 Å². The van der Waals surface area contributed by atoms with E-state index < -0.39 is 19.9 Å². The molecule has 7 nitrogen and oxygen atoms in total. The number of sulfonamides is 1. The third kappa shape index (κ3) is 6.85. The first-order valence-electron chi connectivity index (χ1n) is 10.8. The number of sulfone groups is 1. The zero-order valence-electron chi connectivity index (χ0n) is 19.7. The van der Waals surface area contributed by atoms with Crippen molar-refractivity contribution in [1.29, 1.82) is 0 Å². The molecule has 0 spiro atoms. The number of methoxy groups -OCH3 is 2. The Kier molecular flexibility index (Phi) is 8.57. The Balaban J connectivity index is 1.70. The van der Waals surface area contributed by atoms with Crippen LogP contribution in [0.2, 0.25) is 0 Å². The molecule has 0 unspecified atom stereocenters. The van der Waals surface area contributed by atoms with Crippen molar-refractivity contribution >= 4 is 19.9 Å². The lowest BCUT2D eigenvalue weighted by Gasteiger charge is -2.12. The maximum atomic E-state index is 12.9. The molecule has 184 valence electrons. The Morgan fingerprint density at radius 2 is 1.51 bits per heavy atom. The summed E-state index contributed by atoms with van der Waals surface area (Å²) in [7, 11) is -4.42. The van der Waals surface area contributed by atoms with Crippen molar-refractivity contribution in [3.05, 3.63) is 83.4 Å². The molecule has 0 aromatic heterocycles. The summed E-state index contributed by atoms with van der Waals surface area (Å²) in [4.78, 5) is 0.258. The van der Waals surface area contributed by atoms with E-state index in [2.05, 4.69) is 15.9 Å². The van der Waals surface area contributed by atoms with E-state index in [0.717, 1.165) is 5.56 Å². The summed E-state index contributed by atoms with van der Waals surface area (Å²) in [6.07, 6.45) is 0.557. The first-order valence-corrected chi connectivity index (χ1v) is 13.7. The Bertz CT molecular complexity index is 1450. The van der Waals surface area contributed by atoms with Crippen LogP contribution in [0.15, 0.2) is 76.5 Å². The first kappa shape index (κ1) is 26.3. The lowest BCUT2D eigenvalue weighted by molar-refractivity contribution is 0.354. The molecule has 0 radical (unpaired) electrons. The number of benzene rings is 3. The molecule has 0 amide bonds. The molecule has 0 aliphatic rings. The van der Waals surface area contributed by atoms with Crippen LogP contribution in [0.3, 0.4) is 0 Å². The molecule has 35 heavy (non-hydrogen) atoms. The third-order valence-corrected chi connectivity index (χ3v) is 8.16. The molecule has 0 bridgehead atoms. The second-order valence-corrected chi connectivity index (χ2v) is 11.1. The molecule has 3 rings (SSSR count). The zero-order valence-corrected chi connectivity index (χ0v) is 21.4. The highest BCUT2D eigenvalue weighted by atomic mass is 32.2. The second kappa shape index (κ2) is 11.4. The Hall–Kier alpha value is -3.32. The van der Waals surface area contributed by atoms with Crippen LogP contribution in [0.25, 0.3) is 0 Å². The molecule has 3 aromatic rings. The van der Waals surface area contributed by atoms with Gasteiger partial charge in [0.2, 0.25) is 19.9 Å². The topological polar surface area (TPSA) is 98.8 Å². The predicted molar refractivity (Wildman–Crippen MR) is 135 cm³/mol. The lowest BCUT2D eigenvalue weighted by Crippen LogP contribution is -2.26. The highest BCUT2D eigenvalue weighted by Gasteiger charge is 2.17. The maximum Gasteiger partial charge on any atom is 0.245 e. The van der Waals surface area contributed by atoms with Gasteiger partial charge in [-0.05, 0) is 60.4 Å². The molecule has 1 N–H and O–H groups in total. The fraction of sp³-hybridized carbons (Fsp3) is 0.231. The fourth-order valence-electron chi connectivity index (χ4n) is 3.38. The van der Waals surface area contributed by atoms with Gasteiger partial charge in [0.05, 0.1) is 24.0 Å². The number of nitrogens with one attached hydrogen (secondary N) is 1. The molecule has 0 saturated carbocycles. The van der Waals surface area contributed by atoms with Crippen LogP contribution in [0.1, 0.15) is 16.7 Å². The Morgan fingerprint density at radius 1 is 0.829 bits per heavy atom. The standard InChI is InChI=1S/C26H27NO6S2/c1-20-11-12-21(8-7-17-34(28,29)23-9-5-4-6-10-23)19-26(20)35(30,31)27-16-15-22-13-14-24(32-2)25(18-22)33-3/h4-6,9-14,18-19,27H,8,15-16H2,1-3H3. The van der Waals surface area contributed by atoms with E-state index in [-0.39, 0.29) is 22.8 Å². The van der Waals surface area contributed by atoms with Gasteiger partial charge in [-0.2, -0.15) is 0 Å². The van der Waals surface area contributed by atoms with Crippen molar-refractivity contribution in [2.24, 2.45) is 0 Å². The van der Waals surface area contributed by atoms with Crippen LogP contribution in [0.5, 0.6) is 11.5 Å². The molecule has 0 aliphatic carbocycles. The van der Waals surface area contributed by atoms with Gasteiger partial charge in [0.15, 0.2) is 11.5 Å². The van der Waals surface area contributed by atoms with Gasteiger partial charge in [-0.3, -0.25) is 0 Å². The molecule has 3 aromatic carbocycles. The van der Waals surface area contributed by atoms with Crippen molar-refractivity contribution in [2.75, 3.05) is 20.8 Å². The highest BCUT2D eigenvalue weighted by molar-refractivity contribution is 7.96. The summed E-state index contributed by atoms with van der Waals surface area (Å²) in [6, 6.07) is 18.3. The van der Waals surface area contributed by atoms with Crippen molar-refractivity contribution in [1.82, 2.24) is 4.72 Å². The van der Waals surface area contributed by atoms with E-state index in [1.165, 1.54) is 18.2 Å². The first-order chi connectivity index (χ1) is 16.7. The van der Waals surface area contributed by atoms with E-state index >= 15 is 0 Å². The number of ether oxygens (including phenoxy) is 2. The summed E-state index contributed by atoms with van der Waals surface area (Å²) in [6.45, 7) is 1.90. The Labute approximate surface area is 207 Å². The second-order valence-electron chi connectivity index (χ2n) is 7.71. The van der Waals surface area contributed by atoms with Crippen LogP contribution >= 0.6 is 0 Å². The van der Waals surface area contributed by atoms with E-state index in [9.17, 15) is 16.8 Å². The lowest BCUT2D eigenvalue weighted by atomic mass is 10.1. The van der Waals surface area contributed by atoms with Gasteiger partial charge in [-0.25, -0.2) is 21.6 Å². The number of rotatable bonds is 9. The minimum Gasteiger partial charge on any atom is -0.493 e. The largest absolute Gasteiger partial charge is 0.493 e. The number of aryl methyl sites for hydroxylation is 1. The van der Waals surface area contributed by atoms with Crippen LogP contribution < -0.4 is 14.2 Å². The Morgan fingerprint density at radius 3 is 2.20 bits per heavy atom. The van der Waals surface area contributed by atoms with Gasteiger partial charge in [0.1, 0.15) is 0 Å². The van der Waals surface area contributed by atoms with Crippen molar-refractivity contribution in [3.8, 4) is 22.7 Å². The van der Waals surface area contributed by atoms with Gasteiger partial charge in [0, 0.05) is 18.2 Å². The zero-order chi connectivity index (χ0) is 25.5. The van der Waals surface area contributed by atoms with Crippen molar-refractivity contribution < 1.29 is 26.3 Å². The van der Waals surface area contributed by atoms with E-state index in [1.807, 2.05) is 6.07 Å². The maximum absolute atomic E-state index is 12.9. The third-order valence-electron chi connectivity index (χ3n) is 5.25. The van der Waals surface area contributed by atoms with Gasteiger partial charge < -0.3 is 9.47 Å². The predicted octanol–water partition coefficient (Wildman–Crippen LogP) is 3.51. The molecule has 9 heteroatoms. The molecular formula is C26H27NO6S2. The normalized spacial score (nSPS) is 11.4. The van der Waals surface area contributed by atoms with Gasteiger partial charge in [0.25, 0.3) is 0 Å². The molecular weight excluding hydrogens is 486 g/mol. The van der Waals surface area contributed by atoms with Gasteiger partial charge >= 0.3 is 0 Å². The number of hydrogen-bond donors (Lipinski definition) is 1. The summed E-state index contributed by atoms with van der Waals surface area (Å²) in [5.74, 6) is 3.82. The summed E-state index contributed by atoms with van der Waals surface area (Å²) < 4.78 is 63.7. The molecule has 0 aliphatic heterocycles. The highest BCUT2D eigenvalue weighted by Crippen LogP contribution is 2.27. The summed E-state index contributed by atoms with van der Waals surface area (Å²) >= 11 is 0. The minimum absolute atomic E-state index is 0.0977. The van der Waals surface area contributed by atoms with Crippen LogP contribution in [-0.4, -0.2) is 37.6 Å². The molecule has 0 atom stereocenters. The summed E-state index contributed by atoms with van der Waals surface area (Å²) in [5.41, 5.74) is 2.08. The molecule has 0 heterocycles. The fourth-order valence-corrected chi connectivity index (χ4v) is 5.60. The monoisotopic (exact) mass is 513 g/mol. The van der Waals surface area contributed by atoms with E-state index in [4.69, 9.17) is 9.47 Å². The quantitative estimate of drug-likeness (QED) is 0.347. The average Bonchev–Trinajstić information content (AvgIpc) is 2.85. The van der Waals surface area contributed by atoms with E-state index in [0.29, 0.717) is 29.0 Å². The minimum atomic E-state index is -3.78. The van der Waals surface area contributed by atoms with E-state index in [1.54, 1.807) is 63.6 Å². The average molecular weight is 514 g/mol. The van der Waals surface area contributed by atoms with Crippen LogP contribution in [0, 0.1) is 18.1 Å². The SMILES string of the molecule is COc1ccc(CCNS(=O)(=O)c2cc(CC#CS(=O)(=O)c3ccccc3)ccc2C)cc1OC. The number of hydrogen-bond acceptors (Lipinski definition) is 6.